The van der Waals surface area contributed by atoms with Gasteiger partial charge in [-0.15, -0.1) is 0 Å². The Bertz CT molecular complexity index is 4100. The topological polar surface area (TPSA) is 72.8 Å². The van der Waals surface area contributed by atoms with Crippen molar-refractivity contribution in [2.45, 2.75) is 47.3 Å². The van der Waals surface area contributed by atoms with Crippen molar-refractivity contribution in [2.75, 3.05) is 0 Å². The van der Waals surface area contributed by atoms with Crippen LogP contribution in [0.5, 0.6) is 0 Å². The van der Waals surface area contributed by atoms with E-state index in [0.717, 1.165) is 72.7 Å². The van der Waals surface area contributed by atoms with E-state index in [1.807, 2.05) is 42.5 Å². The molecule has 4 aliphatic carbocycles. The highest BCUT2D eigenvalue weighted by atomic mass is 32.2. The van der Waals surface area contributed by atoms with Gasteiger partial charge in [-0.1, -0.05) is 164 Å². The fraction of sp³-hybridized carbons (Fsp3) is 0.154. The fourth-order valence-electron chi connectivity index (χ4n) is 14.4. The monoisotopic (exact) mass is 933 g/mol. The van der Waals surface area contributed by atoms with Crippen molar-refractivity contribution in [2.24, 2.45) is 23.7 Å². The highest BCUT2D eigenvalue weighted by Crippen LogP contribution is 2.68. The minimum atomic E-state index is -3.71. The van der Waals surface area contributed by atoms with Crippen LogP contribution in [0.2, 0.25) is 0 Å². The molecule has 6 heteroatoms. The molecule has 0 atom stereocenters. The van der Waals surface area contributed by atoms with Crippen LogP contribution in [0.25, 0.3) is 99.5 Å². The van der Waals surface area contributed by atoms with Gasteiger partial charge in [-0.05, 0) is 169 Å². The lowest BCUT2D eigenvalue weighted by Gasteiger charge is -2.63. The van der Waals surface area contributed by atoms with Crippen LogP contribution in [0, 0.1) is 23.7 Å². The van der Waals surface area contributed by atoms with Crippen molar-refractivity contribution in [1.82, 2.24) is 15.0 Å². The third kappa shape index (κ3) is 6.04. The van der Waals surface area contributed by atoms with Gasteiger partial charge in [0.15, 0.2) is 17.5 Å². The lowest BCUT2D eigenvalue weighted by atomic mass is 9.42. The minimum absolute atomic E-state index is 0.319. The smallest absolute Gasteiger partial charge is 0.207 e. The van der Waals surface area contributed by atoms with Crippen molar-refractivity contribution in [3.05, 3.63) is 211 Å². The standard InChI is InChI=1S/C65H47N3O2S/c69-71(70)60-24-11-10-23-58(60)65(46-32-39-31-40(34-46)35-47(65)33-39)59-38-44(26-30-61(59)71)48-28-29-56(53-21-8-4-17-49(48)53)64-67-62(41-13-2-1-3-14-41)66-63(68-64)45-16-12-15-42(36-45)43-25-27-55-52-20-6-5-18-50(52)51-19-7-9-22-54(51)57(55)37-43/h1-30,36-40,46-47H,31-35H2. The summed E-state index contributed by atoms with van der Waals surface area (Å²) < 4.78 is 29.3. The maximum atomic E-state index is 14.6. The largest absolute Gasteiger partial charge is 0.218 e. The molecule has 11 aromatic rings. The fourth-order valence-corrected chi connectivity index (χ4v) is 16.2. The molecule has 4 bridgehead atoms. The van der Waals surface area contributed by atoms with Gasteiger partial charge in [0.1, 0.15) is 0 Å². The van der Waals surface area contributed by atoms with Crippen molar-refractivity contribution in [1.29, 1.82) is 0 Å². The molecule has 0 amide bonds. The Morgan fingerprint density at radius 1 is 0.338 bits per heavy atom. The van der Waals surface area contributed by atoms with E-state index in [9.17, 15) is 8.42 Å². The van der Waals surface area contributed by atoms with Crippen LogP contribution in [0.15, 0.2) is 210 Å². The summed E-state index contributed by atoms with van der Waals surface area (Å²) in [6.07, 6.45) is 6.01. The zero-order valence-electron chi connectivity index (χ0n) is 39.0. The van der Waals surface area contributed by atoms with E-state index in [1.54, 1.807) is 0 Å². The van der Waals surface area contributed by atoms with E-state index in [2.05, 4.69) is 158 Å². The summed E-state index contributed by atoms with van der Waals surface area (Å²) in [5, 5.41) is 9.56. The van der Waals surface area contributed by atoms with Crippen LogP contribution in [-0.2, 0) is 15.3 Å². The number of hydrogen-bond acceptors (Lipinski definition) is 5. The highest BCUT2D eigenvalue weighted by Gasteiger charge is 2.62. The Hall–Kier alpha value is -7.80. The van der Waals surface area contributed by atoms with Gasteiger partial charge >= 0.3 is 0 Å². The lowest BCUT2D eigenvalue weighted by molar-refractivity contribution is -0.0446. The van der Waals surface area contributed by atoms with Gasteiger partial charge in [-0.25, -0.2) is 23.4 Å². The minimum Gasteiger partial charge on any atom is -0.218 e. The molecule has 2 heterocycles. The highest BCUT2D eigenvalue weighted by molar-refractivity contribution is 7.91. The summed E-state index contributed by atoms with van der Waals surface area (Å²) in [5.41, 5.74) is 8.73. The van der Waals surface area contributed by atoms with Crippen molar-refractivity contribution >= 4 is 52.9 Å². The number of sulfone groups is 1. The van der Waals surface area contributed by atoms with Gasteiger partial charge < -0.3 is 0 Å². The first-order chi connectivity index (χ1) is 34.9. The second kappa shape index (κ2) is 15.3. The van der Waals surface area contributed by atoms with Gasteiger partial charge in [-0.2, -0.15) is 0 Å². The van der Waals surface area contributed by atoms with E-state index >= 15 is 0 Å². The molecule has 1 aliphatic heterocycles. The quantitative estimate of drug-likeness (QED) is 0.161. The van der Waals surface area contributed by atoms with Crippen molar-refractivity contribution in [3.8, 4) is 56.4 Å². The average molecular weight is 934 g/mol. The number of aromatic nitrogens is 3. The number of fused-ring (bicyclic) bond motifs is 9. The van der Waals surface area contributed by atoms with Gasteiger partial charge in [0.05, 0.1) is 9.79 Å². The van der Waals surface area contributed by atoms with Gasteiger partial charge in [0.2, 0.25) is 9.84 Å². The molecule has 4 fully saturated rings. The summed E-state index contributed by atoms with van der Waals surface area (Å²) in [6, 6.07) is 70.0. The predicted molar refractivity (Wildman–Crippen MR) is 287 cm³/mol. The molecule has 1 aromatic heterocycles. The second-order valence-corrected chi connectivity index (χ2v) is 22.6. The van der Waals surface area contributed by atoms with Gasteiger partial charge in [0, 0.05) is 22.1 Å². The molecule has 0 N–H and O–H groups in total. The van der Waals surface area contributed by atoms with Crippen LogP contribution in [0.4, 0.5) is 0 Å². The van der Waals surface area contributed by atoms with Gasteiger partial charge in [-0.3, -0.25) is 0 Å². The van der Waals surface area contributed by atoms with Gasteiger partial charge in [0.25, 0.3) is 0 Å². The summed E-state index contributed by atoms with van der Waals surface area (Å²) >= 11 is 0. The Morgan fingerprint density at radius 3 is 1.54 bits per heavy atom. The molecule has 0 radical (unpaired) electrons. The molecule has 5 aliphatic rings. The zero-order chi connectivity index (χ0) is 47.0. The first-order valence-electron chi connectivity index (χ1n) is 25.2. The van der Waals surface area contributed by atoms with Crippen LogP contribution < -0.4 is 0 Å². The van der Waals surface area contributed by atoms with Crippen molar-refractivity contribution in [3.63, 3.8) is 0 Å². The number of rotatable bonds is 5. The first kappa shape index (κ1) is 41.0. The molecule has 4 saturated carbocycles. The lowest BCUT2D eigenvalue weighted by Crippen LogP contribution is -2.57. The molecular weight excluding hydrogens is 887 g/mol. The van der Waals surface area contributed by atoms with Crippen LogP contribution in [0.3, 0.4) is 0 Å². The molecule has 340 valence electrons. The first-order valence-corrected chi connectivity index (χ1v) is 26.7. The van der Waals surface area contributed by atoms with E-state index in [0.29, 0.717) is 39.1 Å². The van der Waals surface area contributed by atoms with Crippen LogP contribution >= 0.6 is 0 Å². The third-order valence-corrected chi connectivity index (χ3v) is 19.0. The van der Waals surface area contributed by atoms with E-state index < -0.39 is 9.84 Å². The maximum Gasteiger partial charge on any atom is 0.207 e. The predicted octanol–water partition coefficient (Wildman–Crippen LogP) is 15.7. The molecule has 0 unspecified atom stereocenters. The van der Waals surface area contributed by atoms with Crippen molar-refractivity contribution < 1.29 is 8.42 Å². The SMILES string of the molecule is O=S1(=O)c2ccccc2C2(c3cc(-c4ccc(-c5nc(-c6ccccc6)nc(-c6cccc(-c7ccc8c9ccccc9c9ccccc9c8c7)c6)n5)c5ccccc45)ccc31)C1CC3CC(C1)CC2C3. The van der Waals surface area contributed by atoms with E-state index in [-0.39, 0.29) is 5.41 Å². The summed E-state index contributed by atoms with van der Waals surface area (Å²) in [4.78, 5) is 16.7. The number of hydrogen-bond donors (Lipinski definition) is 0. The Morgan fingerprint density at radius 2 is 0.831 bits per heavy atom. The Labute approximate surface area is 412 Å². The molecule has 71 heavy (non-hydrogen) atoms. The van der Waals surface area contributed by atoms with E-state index in [4.69, 9.17) is 15.0 Å². The molecule has 0 saturated heterocycles. The summed E-state index contributed by atoms with van der Waals surface area (Å²) in [6.45, 7) is 0. The molecule has 16 rings (SSSR count). The average Bonchev–Trinajstić information content (AvgIpc) is 3.42. The molecule has 5 nitrogen and oxygen atoms in total. The molecule has 1 spiro atoms. The summed E-state index contributed by atoms with van der Waals surface area (Å²) in [5.74, 6) is 4.12. The van der Waals surface area contributed by atoms with Crippen LogP contribution in [0.1, 0.15) is 43.2 Å². The third-order valence-electron chi connectivity index (χ3n) is 17.1. The molecule has 10 aromatic carbocycles. The zero-order valence-corrected chi connectivity index (χ0v) is 39.8. The summed E-state index contributed by atoms with van der Waals surface area (Å²) in [7, 11) is -3.71. The maximum absolute atomic E-state index is 14.6. The van der Waals surface area contributed by atoms with E-state index in [1.165, 1.54) is 64.4 Å². The number of benzene rings is 10. The second-order valence-electron chi connectivity index (χ2n) is 20.7. The molecular formula is C65H47N3O2S. The Kier molecular flexibility index (Phi) is 8.87. The number of nitrogens with zero attached hydrogens (tertiary/aromatic N) is 3. The van der Waals surface area contributed by atoms with Crippen LogP contribution in [-0.4, -0.2) is 23.4 Å². The Balaban J connectivity index is 0.871. The normalized spacial score (nSPS) is 21.5.